The van der Waals surface area contributed by atoms with E-state index in [0.717, 1.165) is 0 Å². The van der Waals surface area contributed by atoms with Crippen molar-refractivity contribution >= 4 is 12.4 Å². The lowest BCUT2D eigenvalue weighted by atomic mass is 10.4. The molecular formula is C8H11N3O3. The first kappa shape index (κ1) is 10.2. The number of nitrogens with zero attached hydrogens (tertiary/aromatic N) is 3. The van der Waals surface area contributed by atoms with Crippen LogP contribution in [0.3, 0.4) is 0 Å². The van der Waals surface area contributed by atoms with Crippen molar-refractivity contribution in [2.45, 2.75) is 6.92 Å². The summed E-state index contributed by atoms with van der Waals surface area (Å²) < 4.78 is 9.34. The number of methoxy groups -OCH3 is 1. The number of carbonyl (C=O) groups is 1. The van der Waals surface area contributed by atoms with E-state index < -0.39 is 5.97 Å². The van der Waals surface area contributed by atoms with E-state index in [1.54, 1.807) is 0 Å². The van der Waals surface area contributed by atoms with Crippen LogP contribution in [0.5, 0.6) is 0 Å². The highest BCUT2D eigenvalue weighted by Crippen LogP contribution is 1.96. The fourth-order valence-corrected chi connectivity index (χ4v) is 0.748. The predicted molar refractivity (Wildman–Crippen MR) is 49.1 cm³/mol. The van der Waals surface area contributed by atoms with Crippen molar-refractivity contribution in [1.82, 2.24) is 9.89 Å². The molecule has 0 atom stereocenters. The summed E-state index contributed by atoms with van der Waals surface area (Å²) in [6.45, 7) is 2.38. The summed E-state index contributed by atoms with van der Waals surface area (Å²) >= 11 is 0. The van der Waals surface area contributed by atoms with Gasteiger partial charge in [-0.1, -0.05) is 0 Å². The van der Waals surface area contributed by atoms with Gasteiger partial charge in [-0.25, -0.2) is 4.79 Å². The van der Waals surface area contributed by atoms with E-state index in [9.17, 15) is 4.79 Å². The van der Waals surface area contributed by atoms with Crippen molar-refractivity contribution in [2.75, 3.05) is 13.7 Å². The zero-order chi connectivity index (χ0) is 10.4. The second-order valence-electron chi connectivity index (χ2n) is 2.29. The van der Waals surface area contributed by atoms with Gasteiger partial charge < -0.3 is 9.47 Å². The summed E-state index contributed by atoms with van der Waals surface area (Å²) in [5, 5.41) is 7.60. The van der Waals surface area contributed by atoms with Crippen LogP contribution in [0, 0.1) is 0 Å². The Morgan fingerprint density at radius 2 is 2.57 bits per heavy atom. The second-order valence-corrected chi connectivity index (χ2v) is 2.29. The molecule has 0 aromatic carbocycles. The molecule has 0 saturated carbocycles. The van der Waals surface area contributed by atoms with E-state index in [1.807, 2.05) is 6.92 Å². The van der Waals surface area contributed by atoms with Crippen LogP contribution in [0.15, 0.2) is 17.4 Å². The monoisotopic (exact) mass is 197 g/mol. The van der Waals surface area contributed by atoms with E-state index in [0.29, 0.717) is 6.61 Å². The molecule has 76 valence electrons. The maximum atomic E-state index is 11.0. The minimum atomic E-state index is -0.490. The van der Waals surface area contributed by atoms with Crippen LogP contribution in [0.4, 0.5) is 0 Å². The first-order chi connectivity index (χ1) is 6.77. The lowest BCUT2D eigenvalue weighted by Crippen LogP contribution is -2.03. The van der Waals surface area contributed by atoms with Crippen molar-refractivity contribution in [2.24, 2.45) is 5.10 Å². The molecule has 0 aliphatic heterocycles. The molecule has 0 saturated heterocycles. The number of aromatic nitrogens is 2. The van der Waals surface area contributed by atoms with Gasteiger partial charge in [-0.15, -0.1) is 10.2 Å². The molecule has 6 heteroatoms. The van der Waals surface area contributed by atoms with E-state index in [2.05, 4.69) is 14.9 Å². The highest BCUT2D eigenvalue weighted by atomic mass is 16.5. The molecule has 1 rings (SSSR count). The van der Waals surface area contributed by atoms with E-state index in [-0.39, 0.29) is 5.69 Å². The molecular weight excluding hydrogens is 186 g/mol. The topological polar surface area (TPSA) is 65.7 Å². The van der Waals surface area contributed by atoms with Gasteiger partial charge >= 0.3 is 5.97 Å². The smallest absolute Gasteiger partial charge is 0.358 e. The third-order valence-corrected chi connectivity index (χ3v) is 1.38. The summed E-state index contributed by atoms with van der Waals surface area (Å²) in [6.07, 6.45) is 2.79. The molecule has 1 heterocycles. The van der Waals surface area contributed by atoms with Gasteiger partial charge in [0.15, 0.2) is 12.1 Å². The van der Waals surface area contributed by atoms with E-state index in [1.165, 1.54) is 30.6 Å². The number of hydrogen-bond acceptors (Lipinski definition) is 5. The quantitative estimate of drug-likeness (QED) is 0.400. The van der Waals surface area contributed by atoms with Gasteiger partial charge in [-0.05, 0) is 13.0 Å². The highest BCUT2D eigenvalue weighted by molar-refractivity contribution is 5.86. The summed E-state index contributed by atoms with van der Waals surface area (Å²) in [5.74, 6) is -0.490. The largest absolute Gasteiger partial charge is 0.482 e. The number of carbonyl (C=O) groups excluding carboxylic acids is 1. The van der Waals surface area contributed by atoms with Gasteiger partial charge in [0.05, 0.1) is 19.9 Å². The molecule has 1 aromatic rings. The lowest BCUT2D eigenvalue weighted by Gasteiger charge is -1.93. The molecule has 0 radical (unpaired) electrons. The predicted octanol–water partition coefficient (Wildman–Crippen LogP) is 0.498. The number of hydrogen-bond donors (Lipinski definition) is 0. The first-order valence-electron chi connectivity index (χ1n) is 4.06. The average molecular weight is 197 g/mol. The molecule has 1 aromatic heterocycles. The van der Waals surface area contributed by atoms with Crippen molar-refractivity contribution in [3.63, 3.8) is 0 Å². The standard InChI is InChI=1S/C8H11N3O3/c1-3-14-6-9-11-5-4-7(10-11)8(12)13-2/h4-6H,3H2,1-2H3. The van der Waals surface area contributed by atoms with Gasteiger partial charge in [0.25, 0.3) is 0 Å². The third kappa shape index (κ3) is 2.58. The number of ether oxygens (including phenoxy) is 2. The Hall–Kier alpha value is -1.85. The molecule has 14 heavy (non-hydrogen) atoms. The Balaban J connectivity index is 2.63. The zero-order valence-electron chi connectivity index (χ0n) is 8.01. The van der Waals surface area contributed by atoms with Crippen LogP contribution >= 0.6 is 0 Å². The number of rotatable bonds is 4. The Morgan fingerprint density at radius 3 is 3.21 bits per heavy atom. The molecule has 0 spiro atoms. The Bertz CT molecular complexity index is 332. The molecule has 0 bridgehead atoms. The van der Waals surface area contributed by atoms with Crippen molar-refractivity contribution in [3.8, 4) is 0 Å². The minimum Gasteiger partial charge on any atom is -0.482 e. The molecule has 0 fully saturated rings. The average Bonchev–Trinajstić information content (AvgIpc) is 2.66. The summed E-state index contributed by atoms with van der Waals surface area (Å²) in [4.78, 5) is 12.2. The van der Waals surface area contributed by atoms with Gasteiger partial charge in [-0.2, -0.15) is 4.79 Å². The highest BCUT2D eigenvalue weighted by Gasteiger charge is 2.07. The fraction of sp³-hybridized carbons (Fsp3) is 0.375. The van der Waals surface area contributed by atoms with Crippen molar-refractivity contribution in [3.05, 3.63) is 18.0 Å². The summed E-state index contributed by atoms with van der Waals surface area (Å²) in [7, 11) is 1.30. The molecule has 6 nitrogen and oxygen atoms in total. The van der Waals surface area contributed by atoms with Crippen LogP contribution in [-0.4, -0.2) is 36.0 Å². The number of esters is 1. The lowest BCUT2D eigenvalue weighted by molar-refractivity contribution is 0.0593. The SMILES string of the molecule is CCOC=Nn1ccc(C(=O)OC)n1. The molecule has 0 aliphatic carbocycles. The Labute approximate surface area is 81.1 Å². The fourth-order valence-electron chi connectivity index (χ4n) is 0.748. The minimum absolute atomic E-state index is 0.209. The van der Waals surface area contributed by atoms with Crippen LogP contribution in [0.25, 0.3) is 0 Å². The summed E-state index contributed by atoms with van der Waals surface area (Å²) in [6, 6.07) is 1.51. The van der Waals surface area contributed by atoms with Crippen LogP contribution in [0.2, 0.25) is 0 Å². The first-order valence-corrected chi connectivity index (χ1v) is 4.06. The van der Waals surface area contributed by atoms with E-state index in [4.69, 9.17) is 4.74 Å². The molecule has 0 unspecified atom stereocenters. The maximum Gasteiger partial charge on any atom is 0.358 e. The van der Waals surface area contributed by atoms with Gasteiger partial charge in [-0.3, -0.25) is 0 Å². The summed E-state index contributed by atoms with van der Waals surface area (Å²) in [5.41, 5.74) is 0.209. The normalized spacial score (nSPS) is 10.4. The Morgan fingerprint density at radius 1 is 1.79 bits per heavy atom. The van der Waals surface area contributed by atoms with Crippen molar-refractivity contribution in [1.29, 1.82) is 0 Å². The van der Waals surface area contributed by atoms with Gasteiger partial charge in [0.1, 0.15) is 0 Å². The van der Waals surface area contributed by atoms with Crippen LogP contribution in [0.1, 0.15) is 17.4 Å². The molecule has 0 N–H and O–H groups in total. The molecule has 0 aliphatic rings. The van der Waals surface area contributed by atoms with Crippen molar-refractivity contribution < 1.29 is 14.3 Å². The zero-order valence-corrected chi connectivity index (χ0v) is 8.01. The molecule has 0 amide bonds. The van der Waals surface area contributed by atoms with E-state index >= 15 is 0 Å². The van der Waals surface area contributed by atoms with Crippen LogP contribution < -0.4 is 0 Å². The van der Waals surface area contributed by atoms with Gasteiger partial charge in [0, 0.05) is 0 Å². The maximum absolute atomic E-state index is 11.0. The second kappa shape index (κ2) is 5.00. The third-order valence-electron chi connectivity index (χ3n) is 1.38. The van der Waals surface area contributed by atoms with Crippen LogP contribution in [-0.2, 0) is 9.47 Å². The van der Waals surface area contributed by atoms with Gasteiger partial charge in [0.2, 0.25) is 0 Å². The Kier molecular flexibility index (Phi) is 3.66.